The van der Waals surface area contributed by atoms with E-state index >= 15 is 0 Å². The number of hydrogen-bond acceptors (Lipinski definition) is 4. The van der Waals surface area contributed by atoms with Gasteiger partial charge in [0.2, 0.25) is 5.91 Å². The molecule has 0 aliphatic heterocycles. The Balaban J connectivity index is 1.72. The van der Waals surface area contributed by atoms with Gasteiger partial charge in [-0.2, -0.15) is 0 Å². The van der Waals surface area contributed by atoms with E-state index in [9.17, 15) is 9.59 Å². The van der Waals surface area contributed by atoms with Crippen molar-refractivity contribution in [2.45, 2.75) is 0 Å². The first-order valence-electron chi connectivity index (χ1n) is 7.46. The summed E-state index contributed by atoms with van der Waals surface area (Å²) in [4.78, 5) is 26.6. The van der Waals surface area contributed by atoms with E-state index < -0.39 is 11.9 Å². The number of fused-ring (bicyclic) bond motifs is 1. The van der Waals surface area contributed by atoms with Crippen LogP contribution in [-0.4, -0.2) is 22.0 Å². The summed E-state index contributed by atoms with van der Waals surface area (Å²) in [5, 5.41) is 12.0. The van der Waals surface area contributed by atoms with Crippen molar-refractivity contribution in [3.05, 3.63) is 71.3 Å². The summed E-state index contributed by atoms with van der Waals surface area (Å²) in [7, 11) is 0. The molecule has 0 fully saturated rings. The van der Waals surface area contributed by atoms with E-state index in [1.807, 2.05) is 48.6 Å². The first-order valence-corrected chi connectivity index (χ1v) is 8.27. The summed E-state index contributed by atoms with van der Waals surface area (Å²) in [5.74, 6) is -1.66. The fraction of sp³-hybridized carbons (Fsp3) is 0. The van der Waals surface area contributed by atoms with Gasteiger partial charge in [0.25, 0.3) is 0 Å². The van der Waals surface area contributed by atoms with Crippen LogP contribution in [0, 0.1) is 0 Å². The Kier molecular flexibility index (Phi) is 5.01. The molecule has 2 aromatic carbocycles. The molecule has 3 aromatic rings. The number of rotatable bonds is 5. The van der Waals surface area contributed by atoms with Crippen molar-refractivity contribution >= 4 is 51.3 Å². The molecular weight excluding hydrogens is 336 g/mol. The Bertz CT molecular complexity index is 956. The average Bonchev–Trinajstić information content (AvgIpc) is 3.01. The van der Waals surface area contributed by atoms with Crippen molar-refractivity contribution in [2.24, 2.45) is 0 Å². The number of hydrogen-bond donors (Lipinski definition) is 2. The number of anilines is 1. The fourth-order valence-corrected chi connectivity index (χ4v) is 3.05. The number of aliphatic carboxylic acids is 1. The number of nitrogens with zero attached hydrogens (tertiary/aromatic N) is 1. The van der Waals surface area contributed by atoms with Crippen LogP contribution < -0.4 is 5.32 Å². The first-order chi connectivity index (χ1) is 12.1. The number of carboxylic acid groups (broad SMARTS) is 1. The molecule has 3 rings (SSSR count). The van der Waals surface area contributed by atoms with Gasteiger partial charge in [0.05, 0.1) is 10.2 Å². The summed E-state index contributed by atoms with van der Waals surface area (Å²) in [5.41, 5.74) is 2.46. The van der Waals surface area contributed by atoms with E-state index in [1.165, 1.54) is 0 Å². The number of aromatic nitrogens is 1. The molecule has 0 radical (unpaired) electrons. The van der Waals surface area contributed by atoms with Gasteiger partial charge in [0, 0.05) is 17.8 Å². The largest absolute Gasteiger partial charge is 0.478 e. The Morgan fingerprint density at radius 1 is 1.04 bits per heavy atom. The maximum atomic E-state index is 11.6. The maximum absolute atomic E-state index is 11.6. The zero-order valence-corrected chi connectivity index (χ0v) is 13.9. The lowest BCUT2D eigenvalue weighted by atomic mass is 10.2. The zero-order valence-electron chi connectivity index (χ0n) is 13.0. The zero-order chi connectivity index (χ0) is 17.6. The van der Waals surface area contributed by atoms with Gasteiger partial charge < -0.3 is 10.4 Å². The van der Waals surface area contributed by atoms with E-state index in [0.29, 0.717) is 5.69 Å². The molecule has 25 heavy (non-hydrogen) atoms. The van der Waals surface area contributed by atoms with Crippen LogP contribution in [0.1, 0.15) is 10.6 Å². The lowest BCUT2D eigenvalue weighted by molar-refractivity contribution is -0.131. The number of carbonyl (C=O) groups excluding carboxylic acids is 1. The van der Waals surface area contributed by atoms with E-state index in [-0.39, 0.29) is 0 Å². The van der Waals surface area contributed by atoms with Crippen LogP contribution in [0.5, 0.6) is 0 Å². The highest BCUT2D eigenvalue weighted by molar-refractivity contribution is 7.19. The highest BCUT2D eigenvalue weighted by Gasteiger charge is 2.01. The molecule has 0 unspecified atom stereocenters. The maximum Gasteiger partial charge on any atom is 0.328 e. The quantitative estimate of drug-likeness (QED) is 0.681. The van der Waals surface area contributed by atoms with Crippen LogP contribution in [0.4, 0.5) is 5.69 Å². The van der Waals surface area contributed by atoms with Gasteiger partial charge in [0.15, 0.2) is 0 Å². The fourth-order valence-electron chi connectivity index (χ4n) is 2.18. The molecular formula is C19H14N2O3S. The molecule has 1 heterocycles. The molecule has 124 valence electrons. The predicted octanol–water partition coefficient (Wildman–Crippen LogP) is 4.05. The van der Waals surface area contributed by atoms with E-state index in [4.69, 9.17) is 5.11 Å². The minimum absolute atomic E-state index is 0.491. The average molecular weight is 350 g/mol. The van der Waals surface area contributed by atoms with Gasteiger partial charge in [-0.15, -0.1) is 11.3 Å². The first kappa shape index (κ1) is 16.6. The van der Waals surface area contributed by atoms with Crippen LogP contribution in [0.25, 0.3) is 22.4 Å². The van der Waals surface area contributed by atoms with Crippen molar-refractivity contribution in [1.29, 1.82) is 0 Å². The number of carboxylic acids is 1. The summed E-state index contributed by atoms with van der Waals surface area (Å²) in [6, 6.07) is 15.2. The number of thiazole rings is 1. The predicted molar refractivity (Wildman–Crippen MR) is 100 cm³/mol. The molecule has 0 saturated carbocycles. The van der Waals surface area contributed by atoms with Crippen molar-refractivity contribution < 1.29 is 14.7 Å². The normalized spacial score (nSPS) is 11.4. The number of para-hydroxylation sites is 1. The lowest BCUT2D eigenvalue weighted by Crippen LogP contribution is -2.08. The molecule has 0 spiro atoms. The van der Waals surface area contributed by atoms with Crippen LogP contribution in [0.2, 0.25) is 0 Å². The van der Waals surface area contributed by atoms with Crippen molar-refractivity contribution in [3.63, 3.8) is 0 Å². The highest BCUT2D eigenvalue weighted by atomic mass is 32.1. The minimum atomic E-state index is -1.16. The number of nitrogens with one attached hydrogen (secondary N) is 1. The van der Waals surface area contributed by atoms with Gasteiger partial charge in [-0.3, -0.25) is 4.79 Å². The van der Waals surface area contributed by atoms with Gasteiger partial charge >= 0.3 is 5.97 Å². The lowest BCUT2D eigenvalue weighted by Gasteiger charge is -2.02. The van der Waals surface area contributed by atoms with Gasteiger partial charge in [0.1, 0.15) is 5.01 Å². The van der Waals surface area contributed by atoms with Gasteiger partial charge in [-0.1, -0.05) is 30.3 Å². The Hall–Kier alpha value is -3.25. The molecule has 0 atom stereocenters. The van der Waals surface area contributed by atoms with Crippen LogP contribution in [0.15, 0.2) is 60.7 Å². The second-order valence-corrected chi connectivity index (χ2v) is 6.20. The molecule has 6 heteroatoms. The third-order valence-corrected chi connectivity index (χ3v) is 4.26. The standard InChI is InChI=1S/C19H14N2O3S/c22-17(9-11-19(23)24)20-14-5-3-4-13(12-14)8-10-18-21-15-6-1-2-7-16(15)25-18/h1-12H,(H,20,22)(H,23,24). The minimum Gasteiger partial charge on any atom is -0.478 e. The van der Waals surface area contributed by atoms with E-state index in [0.717, 1.165) is 32.9 Å². The molecule has 0 saturated heterocycles. The van der Waals surface area contributed by atoms with Crippen LogP contribution in [0.3, 0.4) is 0 Å². The number of amides is 1. The van der Waals surface area contributed by atoms with E-state index in [2.05, 4.69) is 10.3 Å². The molecule has 1 aromatic heterocycles. The third kappa shape index (κ3) is 4.62. The summed E-state index contributed by atoms with van der Waals surface area (Å²) >= 11 is 1.61. The Morgan fingerprint density at radius 2 is 1.88 bits per heavy atom. The van der Waals surface area contributed by atoms with Crippen molar-refractivity contribution in [3.8, 4) is 0 Å². The second kappa shape index (κ2) is 7.55. The Labute approximate surface area is 148 Å². The topological polar surface area (TPSA) is 79.3 Å². The number of carbonyl (C=O) groups is 2. The van der Waals surface area contributed by atoms with Crippen LogP contribution >= 0.6 is 11.3 Å². The van der Waals surface area contributed by atoms with Crippen molar-refractivity contribution in [2.75, 3.05) is 5.32 Å². The highest BCUT2D eigenvalue weighted by Crippen LogP contribution is 2.23. The number of benzene rings is 2. The summed E-state index contributed by atoms with van der Waals surface area (Å²) in [6.45, 7) is 0. The van der Waals surface area contributed by atoms with Crippen molar-refractivity contribution in [1.82, 2.24) is 4.98 Å². The van der Waals surface area contributed by atoms with Gasteiger partial charge in [-0.25, -0.2) is 9.78 Å². The Morgan fingerprint density at radius 3 is 2.68 bits per heavy atom. The van der Waals surface area contributed by atoms with E-state index in [1.54, 1.807) is 23.5 Å². The SMILES string of the molecule is O=C(O)C=CC(=O)Nc1cccc(C=Cc2nc3ccccc3s2)c1. The summed E-state index contributed by atoms with van der Waals surface area (Å²) in [6.07, 6.45) is 5.62. The smallest absolute Gasteiger partial charge is 0.328 e. The molecule has 2 N–H and O–H groups in total. The summed E-state index contributed by atoms with van der Waals surface area (Å²) < 4.78 is 1.13. The second-order valence-electron chi connectivity index (χ2n) is 5.14. The molecule has 0 aliphatic rings. The molecule has 0 aliphatic carbocycles. The molecule has 5 nitrogen and oxygen atoms in total. The molecule has 1 amide bonds. The molecule has 0 bridgehead atoms. The van der Waals surface area contributed by atoms with Crippen LogP contribution in [-0.2, 0) is 9.59 Å². The monoisotopic (exact) mass is 350 g/mol. The third-order valence-electron chi connectivity index (χ3n) is 3.26. The van der Waals surface area contributed by atoms with Gasteiger partial charge in [-0.05, 0) is 35.9 Å².